The molecule has 160 valence electrons. The van der Waals surface area contributed by atoms with E-state index in [2.05, 4.69) is 41.8 Å². The molecule has 5 heteroatoms. The van der Waals surface area contributed by atoms with E-state index in [-0.39, 0.29) is 23.4 Å². The Morgan fingerprint density at radius 2 is 1.83 bits per heavy atom. The maximum atomic E-state index is 13.1. The number of nitrogens with one attached hydrogen (secondary N) is 2. The Kier molecular flexibility index (Phi) is 6.57. The van der Waals surface area contributed by atoms with E-state index >= 15 is 0 Å². The van der Waals surface area contributed by atoms with Crippen molar-refractivity contribution in [3.05, 3.63) is 35.9 Å². The van der Waals surface area contributed by atoms with Crippen LogP contribution >= 0.6 is 0 Å². The first kappa shape index (κ1) is 20.8. The number of ether oxygens (including phenoxy) is 1. The van der Waals surface area contributed by atoms with Crippen molar-refractivity contribution in [2.24, 2.45) is 23.5 Å². The second-order valence-electron chi connectivity index (χ2n) is 9.58. The van der Waals surface area contributed by atoms with Gasteiger partial charge in [0, 0.05) is 43.3 Å². The van der Waals surface area contributed by atoms with Crippen LogP contribution in [0.3, 0.4) is 0 Å². The molecular formula is C24H37N3O2. The van der Waals surface area contributed by atoms with Gasteiger partial charge in [0.05, 0.1) is 0 Å². The first-order chi connectivity index (χ1) is 14.1. The van der Waals surface area contributed by atoms with E-state index in [9.17, 15) is 4.79 Å². The standard InChI is InChI=1S/C24H37N3O2/c1-17(18-6-3-2-4-7-18)27-24(10-12-29-13-11-24)16-26-23(28)21-14-19-8-5-9-20(15-21)22(19)25/h2-4,6-7,17,19-22,27H,5,8-16,25H2,1H3,(H,26,28). The van der Waals surface area contributed by atoms with Crippen molar-refractivity contribution in [1.82, 2.24) is 10.6 Å². The van der Waals surface area contributed by atoms with E-state index in [4.69, 9.17) is 10.5 Å². The largest absolute Gasteiger partial charge is 0.381 e. The number of carbonyl (C=O) groups excluding carboxylic acids is 1. The molecule has 1 amide bonds. The lowest BCUT2D eigenvalue weighted by atomic mass is 9.65. The lowest BCUT2D eigenvalue weighted by Gasteiger charge is -2.44. The number of fused-ring (bicyclic) bond motifs is 2. The van der Waals surface area contributed by atoms with E-state index in [1.807, 2.05) is 6.07 Å². The molecule has 4 rings (SSSR count). The molecule has 0 aromatic heterocycles. The van der Waals surface area contributed by atoms with Crippen molar-refractivity contribution >= 4 is 5.91 Å². The number of carbonyl (C=O) groups is 1. The highest BCUT2D eigenvalue weighted by atomic mass is 16.5. The zero-order valence-corrected chi connectivity index (χ0v) is 17.7. The molecule has 3 atom stereocenters. The summed E-state index contributed by atoms with van der Waals surface area (Å²) in [4.78, 5) is 13.1. The molecule has 2 saturated carbocycles. The van der Waals surface area contributed by atoms with E-state index < -0.39 is 0 Å². The molecule has 4 N–H and O–H groups in total. The minimum atomic E-state index is -0.107. The van der Waals surface area contributed by atoms with Crippen molar-refractivity contribution in [2.45, 2.75) is 69.5 Å². The van der Waals surface area contributed by atoms with Crippen LogP contribution in [-0.2, 0) is 9.53 Å². The summed E-state index contributed by atoms with van der Waals surface area (Å²) < 4.78 is 5.63. The maximum absolute atomic E-state index is 13.1. The molecule has 3 fully saturated rings. The molecule has 5 nitrogen and oxygen atoms in total. The Bertz CT molecular complexity index is 660. The fraction of sp³-hybridized carbons (Fsp3) is 0.708. The van der Waals surface area contributed by atoms with Crippen LogP contribution in [-0.4, -0.2) is 37.2 Å². The fourth-order valence-corrected chi connectivity index (χ4v) is 5.82. The second kappa shape index (κ2) is 9.15. The summed E-state index contributed by atoms with van der Waals surface area (Å²) in [6.07, 6.45) is 7.44. The van der Waals surface area contributed by atoms with Gasteiger partial charge < -0.3 is 21.1 Å². The summed E-state index contributed by atoms with van der Waals surface area (Å²) in [5.41, 5.74) is 7.58. The Balaban J connectivity index is 1.37. The number of hydrogen-bond acceptors (Lipinski definition) is 4. The number of hydrogen-bond donors (Lipinski definition) is 3. The van der Waals surface area contributed by atoms with Crippen LogP contribution in [0.4, 0.5) is 0 Å². The Hall–Kier alpha value is -1.43. The maximum Gasteiger partial charge on any atom is 0.223 e. The van der Waals surface area contributed by atoms with Gasteiger partial charge in [-0.15, -0.1) is 0 Å². The molecule has 2 bridgehead atoms. The third kappa shape index (κ3) is 4.84. The minimum absolute atomic E-state index is 0.107. The molecule has 2 aliphatic carbocycles. The van der Waals surface area contributed by atoms with Gasteiger partial charge in [0.2, 0.25) is 5.91 Å². The highest BCUT2D eigenvalue weighted by molar-refractivity contribution is 5.79. The van der Waals surface area contributed by atoms with Crippen LogP contribution in [0, 0.1) is 17.8 Å². The van der Waals surface area contributed by atoms with Crippen LogP contribution in [0.2, 0.25) is 0 Å². The van der Waals surface area contributed by atoms with Crippen LogP contribution in [0.5, 0.6) is 0 Å². The van der Waals surface area contributed by atoms with Gasteiger partial charge in [0.1, 0.15) is 0 Å². The van der Waals surface area contributed by atoms with Crippen molar-refractivity contribution in [3.63, 3.8) is 0 Å². The van der Waals surface area contributed by atoms with Gasteiger partial charge in [0.25, 0.3) is 0 Å². The molecule has 1 saturated heterocycles. The summed E-state index contributed by atoms with van der Waals surface area (Å²) in [5.74, 6) is 1.43. The topological polar surface area (TPSA) is 76.4 Å². The summed E-state index contributed by atoms with van der Waals surface area (Å²) >= 11 is 0. The molecule has 3 aliphatic rings. The number of nitrogens with two attached hydrogens (primary N) is 1. The van der Waals surface area contributed by atoms with Gasteiger partial charge in [-0.2, -0.15) is 0 Å². The Labute approximate surface area is 175 Å². The summed E-state index contributed by atoms with van der Waals surface area (Å²) in [7, 11) is 0. The predicted octanol–water partition coefficient (Wildman–Crippen LogP) is 3.16. The summed E-state index contributed by atoms with van der Waals surface area (Å²) in [6.45, 7) is 4.36. The monoisotopic (exact) mass is 399 g/mol. The molecule has 1 aromatic carbocycles. The third-order valence-corrected chi connectivity index (χ3v) is 7.66. The summed E-state index contributed by atoms with van der Waals surface area (Å²) in [6, 6.07) is 11.1. The third-order valence-electron chi connectivity index (χ3n) is 7.66. The molecule has 0 radical (unpaired) electrons. The zero-order chi connectivity index (χ0) is 20.3. The van der Waals surface area contributed by atoms with Crippen LogP contribution in [0.25, 0.3) is 0 Å². The van der Waals surface area contributed by atoms with E-state index in [1.165, 1.54) is 24.8 Å². The smallest absolute Gasteiger partial charge is 0.223 e. The summed E-state index contributed by atoms with van der Waals surface area (Å²) in [5, 5.41) is 7.17. The van der Waals surface area contributed by atoms with E-state index in [0.717, 1.165) is 38.9 Å². The van der Waals surface area contributed by atoms with Gasteiger partial charge >= 0.3 is 0 Å². The molecule has 1 heterocycles. The molecular weight excluding hydrogens is 362 g/mol. The average molecular weight is 400 g/mol. The van der Waals surface area contributed by atoms with Crippen molar-refractivity contribution in [1.29, 1.82) is 0 Å². The highest BCUT2D eigenvalue weighted by Gasteiger charge is 2.41. The van der Waals surface area contributed by atoms with E-state index in [1.54, 1.807) is 0 Å². The lowest BCUT2D eigenvalue weighted by molar-refractivity contribution is -0.128. The van der Waals surface area contributed by atoms with Gasteiger partial charge in [-0.05, 0) is 62.8 Å². The zero-order valence-electron chi connectivity index (χ0n) is 17.7. The van der Waals surface area contributed by atoms with Gasteiger partial charge in [-0.25, -0.2) is 0 Å². The number of amides is 1. The molecule has 29 heavy (non-hydrogen) atoms. The van der Waals surface area contributed by atoms with Crippen molar-refractivity contribution < 1.29 is 9.53 Å². The van der Waals surface area contributed by atoms with Gasteiger partial charge in [-0.1, -0.05) is 36.8 Å². The first-order valence-corrected chi connectivity index (χ1v) is 11.5. The predicted molar refractivity (Wildman–Crippen MR) is 115 cm³/mol. The average Bonchev–Trinajstić information content (AvgIpc) is 2.73. The minimum Gasteiger partial charge on any atom is -0.381 e. The highest BCUT2D eigenvalue weighted by Crippen LogP contribution is 2.42. The number of rotatable bonds is 6. The van der Waals surface area contributed by atoms with Crippen LogP contribution < -0.4 is 16.4 Å². The fourth-order valence-electron chi connectivity index (χ4n) is 5.82. The number of benzene rings is 1. The molecule has 1 aromatic rings. The lowest BCUT2D eigenvalue weighted by Crippen LogP contribution is -2.58. The van der Waals surface area contributed by atoms with Gasteiger partial charge in [0.15, 0.2) is 0 Å². The van der Waals surface area contributed by atoms with Gasteiger partial charge in [-0.3, -0.25) is 4.79 Å². The normalized spacial score (nSPS) is 32.3. The SMILES string of the molecule is CC(NC1(CNC(=O)C2CC3CCCC(C2)C3N)CCOCC1)c1ccccc1. The molecule has 0 spiro atoms. The van der Waals surface area contributed by atoms with Crippen LogP contribution in [0.1, 0.15) is 63.5 Å². The quantitative estimate of drug-likeness (QED) is 0.687. The second-order valence-corrected chi connectivity index (χ2v) is 9.58. The van der Waals surface area contributed by atoms with Crippen molar-refractivity contribution in [3.8, 4) is 0 Å². The van der Waals surface area contributed by atoms with E-state index in [0.29, 0.717) is 24.4 Å². The molecule has 1 aliphatic heterocycles. The van der Waals surface area contributed by atoms with Crippen molar-refractivity contribution in [2.75, 3.05) is 19.8 Å². The first-order valence-electron chi connectivity index (χ1n) is 11.5. The van der Waals surface area contributed by atoms with Crippen LogP contribution in [0.15, 0.2) is 30.3 Å². The molecule has 3 unspecified atom stereocenters. The Morgan fingerprint density at radius 1 is 1.17 bits per heavy atom. The Morgan fingerprint density at radius 3 is 2.48 bits per heavy atom.